The molecular formula is C19H24N4O4. The van der Waals surface area contributed by atoms with E-state index in [0.29, 0.717) is 17.2 Å². The Morgan fingerprint density at radius 1 is 1.33 bits per heavy atom. The number of aromatic nitrogens is 3. The van der Waals surface area contributed by atoms with Gasteiger partial charge in [0.05, 0.1) is 6.61 Å². The number of H-pyrrole nitrogens is 1. The highest BCUT2D eigenvalue weighted by Gasteiger charge is 2.25. The molecule has 3 rings (SSSR count). The van der Waals surface area contributed by atoms with E-state index in [1.807, 2.05) is 6.92 Å². The summed E-state index contributed by atoms with van der Waals surface area (Å²) < 4.78 is 0. The summed E-state index contributed by atoms with van der Waals surface area (Å²) in [5.41, 5.74) is -0.175. The van der Waals surface area contributed by atoms with Crippen molar-refractivity contribution in [1.82, 2.24) is 20.3 Å². The Bertz CT molecular complexity index is 857. The number of aliphatic hydroxyl groups is 1. The van der Waals surface area contributed by atoms with Gasteiger partial charge in [-0.3, -0.25) is 14.6 Å². The normalized spacial score (nSPS) is 16.1. The van der Waals surface area contributed by atoms with Gasteiger partial charge in [0.15, 0.2) is 11.5 Å². The zero-order valence-corrected chi connectivity index (χ0v) is 15.2. The second kappa shape index (κ2) is 8.30. The van der Waals surface area contributed by atoms with Crippen LogP contribution in [0.3, 0.4) is 0 Å². The number of nitrogens with one attached hydrogen (secondary N) is 2. The summed E-state index contributed by atoms with van der Waals surface area (Å²) in [6.45, 7) is 1.79. The molecule has 1 fully saturated rings. The zero-order chi connectivity index (χ0) is 19.4. The molecule has 2 aromatic rings. The molecule has 0 radical (unpaired) electrons. The first-order valence-electron chi connectivity index (χ1n) is 9.20. The smallest absolute Gasteiger partial charge is 0.294 e. The third kappa shape index (κ3) is 4.33. The van der Waals surface area contributed by atoms with Crippen molar-refractivity contribution < 1.29 is 15.0 Å². The fraction of sp³-hybridized carbons (Fsp3) is 0.474. The fourth-order valence-electron chi connectivity index (χ4n) is 3.43. The van der Waals surface area contributed by atoms with Crippen LogP contribution in [-0.2, 0) is 6.61 Å². The predicted molar refractivity (Wildman–Crippen MR) is 99.2 cm³/mol. The van der Waals surface area contributed by atoms with Crippen LogP contribution in [0.25, 0.3) is 11.5 Å². The summed E-state index contributed by atoms with van der Waals surface area (Å²) in [5, 5.41) is 22.0. The van der Waals surface area contributed by atoms with Crippen molar-refractivity contribution in [2.24, 2.45) is 5.92 Å². The van der Waals surface area contributed by atoms with E-state index in [1.165, 1.54) is 12.6 Å². The quantitative estimate of drug-likeness (QED) is 0.633. The molecule has 8 nitrogen and oxygen atoms in total. The summed E-state index contributed by atoms with van der Waals surface area (Å²) in [7, 11) is 0. The zero-order valence-electron chi connectivity index (χ0n) is 15.2. The number of carbonyl (C=O) groups excluding carboxylic acids is 1. The molecule has 144 valence electrons. The maximum Gasteiger partial charge on any atom is 0.294 e. The van der Waals surface area contributed by atoms with E-state index in [-0.39, 0.29) is 24.2 Å². The molecule has 0 aliphatic heterocycles. The molecule has 0 aromatic carbocycles. The van der Waals surface area contributed by atoms with Gasteiger partial charge in [0.1, 0.15) is 5.69 Å². The summed E-state index contributed by atoms with van der Waals surface area (Å²) in [5.74, 6) is -0.819. The number of carbonyl (C=O) groups is 1. The average molecular weight is 372 g/mol. The predicted octanol–water partition coefficient (Wildman–Crippen LogP) is 1.73. The molecule has 0 bridgehead atoms. The van der Waals surface area contributed by atoms with Crippen molar-refractivity contribution in [3.63, 3.8) is 0 Å². The molecule has 0 saturated heterocycles. The molecule has 1 amide bonds. The third-order valence-corrected chi connectivity index (χ3v) is 5.08. The highest BCUT2D eigenvalue weighted by molar-refractivity contribution is 5.95. The van der Waals surface area contributed by atoms with Crippen molar-refractivity contribution in [2.75, 3.05) is 0 Å². The second-order valence-electron chi connectivity index (χ2n) is 6.98. The molecule has 27 heavy (non-hydrogen) atoms. The summed E-state index contributed by atoms with van der Waals surface area (Å²) >= 11 is 0. The Morgan fingerprint density at radius 2 is 2.07 bits per heavy atom. The van der Waals surface area contributed by atoms with Gasteiger partial charge in [0, 0.05) is 12.2 Å². The largest absolute Gasteiger partial charge is 0.501 e. The van der Waals surface area contributed by atoms with Gasteiger partial charge in [0.25, 0.3) is 11.5 Å². The van der Waals surface area contributed by atoms with Crippen LogP contribution in [0.5, 0.6) is 5.75 Å². The minimum Gasteiger partial charge on any atom is -0.501 e. The van der Waals surface area contributed by atoms with E-state index in [9.17, 15) is 14.7 Å². The number of hydrogen-bond acceptors (Lipinski definition) is 6. The van der Waals surface area contributed by atoms with E-state index in [2.05, 4.69) is 20.3 Å². The third-order valence-electron chi connectivity index (χ3n) is 5.08. The van der Waals surface area contributed by atoms with Crippen LogP contribution < -0.4 is 10.9 Å². The van der Waals surface area contributed by atoms with Crippen LogP contribution in [0.1, 0.15) is 55.1 Å². The fourth-order valence-corrected chi connectivity index (χ4v) is 3.43. The van der Waals surface area contributed by atoms with Crippen molar-refractivity contribution >= 4 is 5.91 Å². The Hall–Kier alpha value is -2.74. The number of nitrogens with zero attached hydrogens (tertiary/aromatic N) is 2. The van der Waals surface area contributed by atoms with Gasteiger partial charge in [0.2, 0.25) is 5.75 Å². The average Bonchev–Trinajstić information content (AvgIpc) is 2.70. The lowest BCUT2D eigenvalue weighted by Crippen LogP contribution is -2.39. The van der Waals surface area contributed by atoms with Gasteiger partial charge in [-0.1, -0.05) is 25.3 Å². The van der Waals surface area contributed by atoms with Gasteiger partial charge in [-0.05, 0) is 37.3 Å². The van der Waals surface area contributed by atoms with Crippen LogP contribution in [0.15, 0.2) is 23.1 Å². The molecule has 1 aliphatic carbocycles. The van der Waals surface area contributed by atoms with Crippen LogP contribution >= 0.6 is 0 Å². The van der Waals surface area contributed by atoms with Crippen molar-refractivity contribution in [2.45, 2.75) is 51.7 Å². The van der Waals surface area contributed by atoms with Crippen molar-refractivity contribution in [3.8, 4) is 17.3 Å². The standard InChI is InChI=1S/C19H24N4O4/c1-11(13-5-3-2-4-6-13)21-18(26)15-16(25)19(27)23-17(22-15)14-8-7-12(10-24)9-20-14/h7-9,11,13,24-25H,2-6,10H2,1H3,(H,21,26)(H,22,23,27). The molecule has 1 saturated carbocycles. The SMILES string of the molecule is CC(NC(=O)c1nc(-c2ccc(CO)cn2)[nH]c(=O)c1O)C1CCCCC1. The first-order chi connectivity index (χ1) is 13.0. The summed E-state index contributed by atoms with van der Waals surface area (Å²) in [4.78, 5) is 35.3. The first-order valence-corrected chi connectivity index (χ1v) is 9.20. The van der Waals surface area contributed by atoms with Crippen molar-refractivity contribution in [3.05, 3.63) is 39.9 Å². The van der Waals surface area contributed by atoms with E-state index >= 15 is 0 Å². The number of aromatic amines is 1. The van der Waals surface area contributed by atoms with Crippen LogP contribution in [-0.4, -0.2) is 37.1 Å². The Labute approximate surface area is 156 Å². The summed E-state index contributed by atoms with van der Waals surface area (Å²) in [6.07, 6.45) is 7.09. The van der Waals surface area contributed by atoms with E-state index in [4.69, 9.17) is 5.11 Å². The van der Waals surface area contributed by atoms with Gasteiger partial charge >= 0.3 is 0 Å². The maximum absolute atomic E-state index is 12.6. The molecule has 0 spiro atoms. The number of amides is 1. The van der Waals surface area contributed by atoms with Gasteiger partial charge in [-0.2, -0.15) is 0 Å². The van der Waals surface area contributed by atoms with E-state index in [1.54, 1.807) is 12.1 Å². The van der Waals surface area contributed by atoms with Gasteiger partial charge in [-0.15, -0.1) is 0 Å². The molecule has 4 N–H and O–H groups in total. The number of rotatable bonds is 5. The summed E-state index contributed by atoms with van der Waals surface area (Å²) in [6, 6.07) is 3.15. The lowest BCUT2D eigenvalue weighted by atomic mass is 9.84. The Kier molecular flexibility index (Phi) is 5.85. The minimum absolute atomic E-state index is 0.0660. The molecule has 1 aliphatic rings. The van der Waals surface area contributed by atoms with Gasteiger partial charge in [-0.25, -0.2) is 4.98 Å². The van der Waals surface area contributed by atoms with Crippen LogP contribution in [0.2, 0.25) is 0 Å². The molecule has 1 unspecified atom stereocenters. The number of aromatic hydroxyl groups is 1. The monoisotopic (exact) mass is 372 g/mol. The number of pyridine rings is 1. The molecule has 2 aromatic heterocycles. The molecule has 1 atom stereocenters. The molecule has 2 heterocycles. The lowest BCUT2D eigenvalue weighted by Gasteiger charge is -2.28. The first kappa shape index (κ1) is 19.0. The van der Waals surface area contributed by atoms with Crippen LogP contribution in [0, 0.1) is 5.92 Å². The maximum atomic E-state index is 12.6. The van der Waals surface area contributed by atoms with E-state index in [0.717, 1.165) is 25.7 Å². The number of aliphatic hydroxyl groups excluding tert-OH is 1. The minimum atomic E-state index is -0.802. The second-order valence-corrected chi connectivity index (χ2v) is 6.98. The van der Waals surface area contributed by atoms with Crippen LogP contribution in [0.4, 0.5) is 0 Å². The highest BCUT2D eigenvalue weighted by atomic mass is 16.3. The Balaban J connectivity index is 1.84. The Morgan fingerprint density at radius 3 is 2.70 bits per heavy atom. The lowest BCUT2D eigenvalue weighted by molar-refractivity contribution is 0.0911. The van der Waals surface area contributed by atoms with Gasteiger partial charge < -0.3 is 20.5 Å². The van der Waals surface area contributed by atoms with E-state index < -0.39 is 17.2 Å². The highest BCUT2D eigenvalue weighted by Crippen LogP contribution is 2.26. The number of hydrogen-bond donors (Lipinski definition) is 4. The molecule has 8 heteroatoms. The topological polar surface area (TPSA) is 128 Å². The molecular weight excluding hydrogens is 348 g/mol. The van der Waals surface area contributed by atoms with Crippen molar-refractivity contribution in [1.29, 1.82) is 0 Å².